The maximum Gasteiger partial charge on any atom is 0.273 e. The number of benzene rings is 3. The monoisotopic (exact) mass is 933 g/mol. The molecular weight excluding hydrogens is 878 g/mol. The number of aromatic amines is 1. The fourth-order valence-corrected chi connectivity index (χ4v) is 9.56. The molecule has 0 unspecified atom stereocenters. The molecule has 0 radical (unpaired) electrons. The second-order valence-corrected chi connectivity index (χ2v) is 18.1. The number of hydrogen-bond donors (Lipinski definition) is 2. The number of fused-ring (bicyclic) bond motifs is 1. The third-order valence-electron chi connectivity index (χ3n) is 13.6. The number of likely N-dealkylation sites (tertiary alicyclic amines) is 1. The molecule has 0 bridgehead atoms. The van der Waals surface area contributed by atoms with Crippen LogP contribution in [0.2, 0.25) is 0 Å². The number of carbonyl (C=O) groups is 4. The highest BCUT2D eigenvalue weighted by molar-refractivity contribution is 6.06. The molecule has 0 atom stereocenters. The van der Waals surface area contributed by atoms with E-state index in [-0.39, 0.29) is 40.7 Å². The average molecular weight is 934 g/mol. The lowest BCUT2D eigenvalue weighted by Gasteiger charge is -2.40. The van der Waals surface area contributed by atoms with Crippen molar-refractivity contribution in [1.82, 2.24) is 55.0 Å². The van der Waals surface area contributed by atoms with Crippen molar-refractivity contribution in [2.75, 3.05) is 78.5 Å². The summed E-state index contributed by atoms with van der Waals surface area (Å²) in [6, 6.07) is 23.2. The van der Waals surface area contributed by atoms with E-state index in [1.807, 2.05) is 29.2 Å². The van der Waals surface area contributed by atoms with E-state index in [2.05, 4.69) is 59.3 Å². The van der Waals surface area contributed by atoms with Gasteiger partial charge in [-0.25, -0.2) is 24.4 Å². The van der Waals surface area contributed by atoms with E-state index in [1.54, 1.807) is 58.6 Å². The van der Waals surface area contributed by atoms with Gasteiger partial charge in [-0.15, -0.1) is 0 Å². The van der Waals surface area contributed by atoms with Gasteiger partial charge in [0.15, 0.2) is 0 Å². The van der Waals surface area contributed by atoms with Crippen LogP contribution in [0.3, 0.4) is 0 Å². The van der Waals surface area contributed by atoms with Crippen molar-refractivity contribution in [3.8, 4) is 11.1 Å². The van der Waals surface area contributed by atoms with Gasteiger partial charge in [0.1, 0.15) is 17.8 Å². The van der Waals surface area contributed by atoms with Gasteiger partial charge in [-0.05, 0) is 72.2 Å². The minimum Gasteiger partial charge on any atom is -0.346 e. The first-order valence-corrected chi connectivity index (χ1v) is 23.8. The summed E-state index contributed by atoms with van der Waals surface area (Å²) >= 11 is 0. The Kier molecular flexibility index (Phi) is 14.5. The lowest BCUT2D eigenvalue weighted by Crippen LogP contribution is -2.55. The maximum absolute atomic E-state index is 15.1. The van der Waals surface area contributed by atoms with Gasteiger partial charge < -0.3 is 24.9 Å². The minimum atomic E-state index is -0.613. The molecule has 6 heterocycles. The van der Waals surface area contributed by atoms with Crippen LogP contribution in [0, 0.1) is 11.7 Å². The van der Waals surface area contributed by atoms with E-state index >= 15 is 4.39 Å². The quantitative estimate of drug-likeness (QED) is 0.167. The van der Waals surface area contributed by atoms with E-state index in [0.717, 1.165) is 68.7 Å². The Labute approximate surface area is 399 Å². The van der Waals surface area contributed by atoms with Crippen LogP contribution < -0.4 is 10.9 Å². The maximum atomic E-state index is 15.1. The Bertz CT molecular complexity index is 2890. The zero-order valence-electron chi connectivity index (χ0n) is 38.8. The lowest BCUT2D eigenvalue weighted by atomic mass is 9.95. The highest BCUT2D eigenvalue weighted by atomic mass is 19.1. The largest absolute Gasteiger partial charge is 0.346 e. The molecule has 2 N–H and O–H groups in total. The van der Waals surface area contributed by atoms with Gasteiger partial charge >= 0.3 is 0 Å². The summed E-state index contributed by atoms with van der Waals surface area (Å²) in [5, 5.41) is 10.9. The van der Waals surface area contributed by atoms with Crippen LogP contribution in [0.4, 0.5) is 4.39 Å². The number of amides is 4. The summed E-state index contributed by atoms with van der Waals surface area (Å²) in [5.41, 5.74) is 4.86. The lowest BCUT2D eigenvalue weighted by molar-refractivity contribution is -0.134. The van der Waals surface area contributed by atoms with Crippen molar-refractivity contribution in [2.24, 2.45) is 5.92 Å². The number of hydrogen-bond acceptors (Lipinski definition) is 11. The van der Waals surface area contributed by atoms with Crippen molar-refractivity contribution in [3.63, 3.8) is 0 Å². The minimum absolute atomic E-state index is 0.0163. The van der Waals surface area contributed by atoms with Crippen molar-refractivity contribution >= 4 is 34.4 Å². The van der Waals surface area contributed by atoms with Gasteiger partial charge in [0, 0.05) is 102 Å². The fourth-order valence-electron chi connectivity index (χ4n) is 9.56. The van der Waals surface area contributed by atoms with Gasteiger partial charge in [0.05, 0.1) is 41.0 Å². The highest BCUT2D eigenvalue weighted by Crippen LogP contribution is 2.26. The molecule has 3 fully saturated rings. The van der Waals surface area contributed by atoms with Gasteiger partial charge in [-0.3, -0.25) is 28.9 Å². The molecule has 3 aromatic heterocycles. The molecule has 69 heavy (non-hydrogen) atoms. The molecule has 6 aromatic rings. The Balaban J connectivity index is 0.728. The second kappa shape index (κ2) is 21.4. The Morgan fingerprint density at radius 2 is 1.46 bits per heavy atom. The normalized spacial score (nSPS) is 16.2. The second-order valence-electron chi connectivity index (χ2n) is 18.1. The van der Waals surface area contributed by atoms with Crippen molar-refractivity contribution < 1.29 is 23.6 Å². The molecule has 9 rings (SSSR count). The van der Waals surface area contributed by atoms with E-state index in [9.17, 15) is 24.0 Å². The summed E-state index contributed by atoms with van der Waals surface area (Å²) in [5.74, 6) is -1.27. The first-order chi connectivity index (χ1) is 33.6. The molecule has 0 spiro atoms. The van der Waals surface area contributed by atoms with E-state index in [4.69, 9.17) is 0 Å². The average Bonchev–Trinajstić information content (AvgIpc) is 3.40. The molecule has 0 aliphatic carbocycles. The molecular formula is C52H56FN11O5. The zero-order valence-corrected chi connectivity index (χ0v) is 38.8. The van der Waals surface area contributed by atoms with Gasteiger partial charge in [-0.2, -0.15) is 5.10 Å². The van der Waals surface area contributed by atoms with E-state index < -0.39 is 17.6 Å². The molecule has 17 heteroatoms. The number of aromatic nitrogens is 5. The van der Waals surface area contributed by atoms with Crippen LogP contribution >= 0.6 is 0 Å². The number of halogens is 1. The number of piperazine rings is 2. The smallest absolute Gasteiger partial charge is 0.273 e. The summed E-state index contributed by atoms with van der Waals surface area (Å²) in [6.45, 7) is 9.13. The molecule has 3 aromatic carbocycles. The highest BCUT2D eigenvalue weighted by Gasteiger charge is 2.32. The molecule has 0 saturated carbocycles. The van der Waals surface area contributed by atoms with Crippen LogP contribution in [0.5, 0.6) is 0 Å². The number of nitrogens with one attached hydrogen (secondary N) is 2. The first kappa shape index (κ1) is 46.9. The SMILES string of the molecule is CCc1cccc(-c2cnc(C(=O)N3CCC(CN4CCN(CC(=O)N5CCN(C(=O)c6cc(Cc7n[nH]c(=O)c8ccccc78)ccc6F)CC5)CC4)CC3)c(C(=O)NCc3ccncn3)c2)c1. The van der Waals surface area contributed by atoms with Crippen molar-refractivity contribution in [1.29, 1.82) is 0 Å². The number of pyridine rings is 1. The number of rotatable bonds is 13. The number of nitrogens with zero attached hydrogens (tertiary/aromatic N) is 9. The fraction of sp³-hybridized carbons (Fsp3) is 0.365. The molecule has 3 aliphatic rings. The number of piperidine rings is 1. The molecule has 16 nitrogen and oxygen atoms in total. The third-order valence-corrected chi connectivity index (χ3v) is 13.6. The molecule has 4 amide bonds. The zero-order chi connectivity index (χ0) is 47.9. The summed E-state index contributed by atoms with van der Waals surface area (Å²) in [7, 11) is 0. The molecule has 3 saturated heterocycles. The predicted octanol–water partition coefficient (Wildman–Crippen LogP) is 4.45. The summed E-state index contributed by atoms with van der Waals surface area (Å²) < 4.78 is 15.1. The molecule has 3 aliphatic heterocycles. The Morgan fingerprint density at radius 1 is 0.725 bits per heavy atom. The van der Waals surface area contributed by atoms with Crippen LogP contribution in [-0.2, 0) is 24.2 Å². The number of carbonyl (C=O) groups excluding carboxylic acids is 4. The van der Waals surface area contributed by atoms with Crippen LogP contribution in [-0.4, -0.2) is 152 Å². The Morgan fingerprint density at radius 3 is 2.22 bits per heavy atom. The van der Waals surface area contributed by atoms with Crippen LogP contribution in [0.25, 0.3) is 21.9 Å². The Hall–Kier alpha value is -7.24. The predicted molar refractivity (Wildman–Crippen MR) is 258 cm³/mol. The van der Waals surface area contributed by atoms with Crippen LogP contribution in [0.1, 0.15) is 73.5 Å². The summed E-state index contributed by atoms with van der Waals surface area (Å²) in [4.78, 5) is 89.7. The van der Waals surface area contributed by atoms with Gasteiger partial charge in [0.2, 0.25) is 5.91 Å². The topological polar surface area (TPSA) is 181 Å². The number of H-pyrrole nitrogens is 1. The van der Waals surface area contributed by atoms with Crippen molar-refractivity contribution in [3.05, 3.63) is 153 Å². The first-order valence-electron chi connectivity index (χ1n) is 23.8. The number of aryl methyl sites for hydroxylation is 1. The summed E-state index contributed by atoms with van der Waals surface area (Å²) in [6.07, 6.45) is 7.56. The van der Waals surface area contributed by atoms with Gasteiger partial charge in [0.25, 0.3) is 23.3 Å². The van der Waals surface area contributed by atoms with Crippen molar-refractivity contribution in [2.45, 2.75) is 39.2 Å². The van der Waals surface area contributed by atoms with E-state index in [1.165, 1.54) is 12.4 Å². The standard InChI is InChI=1S/C52H56FN11O5/c1-2-35-6-5-7-38(26-35)39-29-44(49(66)56-31-40-12-15-54-34-57-40)48(55-30-39)52(69)63-16-13-36(14-17-63)32-60-18-20-61(21-19-60)33-47(65)62-22-24-64(25-23-62)51(68)43-27-37(10-11-45(43)53)28-46-41-8-3-4-9-42(41)50(67)59-58-46/h3-12,15,26-27,29-30,34,36H,2,13-14,16-25,28,31-33H2,1H3,(H,56,66)(H,59,67). The van der Waals surface area contributed by atoms with Crippen LogP contribution in [0.15, 0.2) is 102 Å². The molecule has 356 valence electrons. The third kappa shape index (κ3) is 11.1. The van der Waals surface area contributed by atoms with Gasteiger partial charge in [-0.1, -0.05) is 55.5 Å². The van der Waals surface area contributed by atoms with E-state index in [0.29, 0.717) is 85.9 Å².